The second-order valence-electron chi connectivity index (χ2n) is 16.6. The lowest BCUT2D eigenvalue weighted by atomic mass is 10.0. The van der Waals surface area contributed by atoms with Crippen LogP contribution in [0, 0.1) is 6.92 Å². The van der Waals surface area contributed by atoms with Gasteiger partial charge in [-0.2, -0.15) is 0 Å². The van der Waals surface area contributed by atoms with Gasteiger partial charge in [0.2, 0.25) is 0 Å². The molecule has 0 bridgehead atoms. The zero-order chi connectivity index (χ0) is 42.9. The van der Waals surface area contributed by atoms with Crippen LogP contribution in [-0.2, 0) is 0 Å². The molecule has 1 heterocycles. The molecule has 11 aromatic rings. The zero-order valence-corrected chi connectivity index (χ0v) is 36.7. The number of aryl methyl sites for hydroxylation is 1. The minimum Gasteiger partial charge on any atom is -0.311 e. The zero-order valence-electron chi connectivity index (χ0n) is 35.7. The van der Waals surface area contributed by atoms with E-state index in [1.165, 1.54) is 76.1 Å². The molecule has 0 N–H and O–H groups in total. The first kappa shape index (κ1) is 38.9. The Morgan fingerprint density at radius 2 is 0.703 bits per heavy atom. The van der Waals surface area contributed by atoms with Crippen molar-refractivity contribution in [3.8, 4) is 27.9 Å². The normalized spacial score (nSPS) is 11.5. The van der Waals surface area contributed by atoms with Crippen molar-refractivity contribution >= 4 is 67.7 Å². The van der Waals surface area contributed by atoms with E-state index < -0.39 is 8.07 Å². The maximum Gasteiger partial charge on any atom is 0.179 e. The van der Waals surface area contributed by atoms with Gasteiger partial charge in [-0.3, -0.25) is 0 Å². The highest BCUT2D eigenvalue weighted by atomic mass is 28.3. The number of para-hydroxylation sites is 3. The first-order valence-electron chi connectivity index (χ1n) is 22.1. The lowest BCUT2D eigenvalue weighted by Crippen LogP contribution is -2.74. The number of aromatic nitrogens is 1. The molecule has 0 saturated carbocycles. The second kappa shape index (κ2) is 16.7. The number of anilines is 3. The van der Waals surface area contributed by atoms with Crippen molar-refractivity contribution in [3.63, 3.8) is 0 Å². The van der Waals surface area contributed by atoms with Gasteiger partial charge in [0.15, 0.2) is 8.07 Å². The van der Waals surface area contributed by atoms with E-state index in [4.69, 9.17) is 0 Å². The summed E-state index contributed by atoms with van der Waals surface area (Å²) < 4.78 is 2.39. The van der Waals surface area contributed by atoms with E-state index in [1.807, 2.05) is 0 Å². The molecule has 10 aromatic carbocycles. The van der Waals surface area contributed by atoms with Gasteiger partial charge in [0.05, 0.1) is 11.0 Å². The largest absolute Gasteiger partial charge is 0.311 e. The molecule has 2 nitrogen and oxygen atoms in total. The monoisotopic (exact) mass is 834 g/mol. The Morgan fingerprint density at radius 3 is 1.23 bits per heavy atom. The van der Waals surface area contributed by atoms with Gasteiger partial charge in [-0.15, -0.1) is 0 Å². The van der Waals surface area contributed by atoms with Crippen LogP contribution in [0.15, 0.2) is 261 Å². The summed E-state index contributed by atoms with van der Waals surface area (Å²) in [4.78, 5) is 2.31. The van der Waals surface area contributed by atoms with Crippen molar-refractivity contribution in [1.82, 2.24) is 4.57 Å². The van der Waals surface area contributed by atoms with E-state index in [0.717, 1.165) is 17.1 Å². The quantitative estimate of drug-likeness (QED) is 0.0984. The number of hydrogen-bond donors (Lipinski definition) is 0. The molecule has 0 aliphatic rings. The van der Waals surface area contributed by atoms with Gasteiger partial charge in [-0.1, -0.05) is 200 Å². The Hall–Kier alpha value is -7.98. The summed E-state index contributed by atoms with van der Waals surface area (Å²) in [7, 11) is -2.77. The summed E-state index contributed by atoms with van der Waals surface area (Å²) in [5.74, 6) is 0. The lowest BCUT2D eigenvalue weighted by Gasteiger charge is -2.34. The van der Waals surface area contributed by atoms with Crippen LogP contribution in [0.1, 0.15) is 5.56 Å². The molecule has 64 heavy (non-hydrogen) atoms. The van der Waals surface area contributed by atoms with Crippen molar-refractivity contribution in [2.45, 2.75) is 6.92 Å². The van der Waals surface area contributed by atoms with Crippen LogP contribution >= 0.6 is 0 Å². The number of nitrogens with zero attached hydrogens (tertiary/aromatic N) is 2. The smallest absolute Gasteiger partial charge is 0.179 e. The Morgan fingerprint density at radius 1 is 0.312 bits per heavy atom. The summed E-state index contributed by atoms with van der Waals surface area (Å²) in [6, 6.07) is 96.0. The topological polar surface area (TPSA) is 8.17 Å². The van der Waals surface area contributed by atoms with E-state index in [2.05, 4.69) is 277 Å². The molecule has 0 fully saturated rings. The Kier molecular flexibility index (Phi) is 10.2. The Labute approximate surface area is 376 Å². The van der Waals surface area contributed by atoms with Gasteiger partial charge < -0.3 is 9.47 Å². The first-order valence-corrected chi connectivity index (χ1v) is 24.1. The lowest BCUT2D eigenvalue weighted by molar-refractivity contribution is 1.17. The van der Waals surface area contributed by atoms with Crippen molar-refractivity contribution in [2.75, 3.05) is 4.90 Å². The van der Waals surface area contributed by atoms with E-state index in [9.17, 15) is 0 Å². The minimum absolute atomic E-state index is 1.12. The third-order valence-corrected chi connectivity index (χ3v) is 17.6. The summed E-state index contributed by atoms with van der Waals surface area (Å²) >= 11 is 0. The average Bonchev–Trinajstić information content (AvgIpc) is 3.70. The summed E-state index contributed by atoms with van der Waals surface area (Å²) in [5.41, 5.74) is 13.0. The average molecular weight is 835 g/mol. The number of rotatable bonds is 10. The number of hydrogen-bond acceptors (Lipinski definition) is 1. The number of fused-ring (bicyclic) bond motifs is 3. The molecule has 0 atom stereocenters. The maximum absolute atomic E-state index is 2.77. The van der Waals surface area contributed by atoms with E-state index in [0.29, 0.717) is 0 Å². The molecule has 0 aliphatic carbocycles. The molecule has 304 valence electrons. The fourth-order valence-electron chi connectivity index (χ4n) is 9.73. The highest BCUT2D eigenvalue weighted by Crippen LogP contribution is 2.37. The fourth-order valence-corrected chi connectivity index (χ4v) is 14.4. The van der Waals surface area contributed by atoms with Crippen molar-refractivity contribution in [2.24, 2.45) is 0 Å². The summed E-state index contributed by atoms with van der Waals surface area (Å²) in [5, 5.41) is 7.94. The highest BCUT2D eigenvalue weighted by molar-refractivity contribution is 7.19. The molecule has 0 spiro atoms. The summed E-state index contributed by atoms with van der Waals surface area (Å²) in [6.45, 7) is 2.14. The third-order valence-electron chi connectivity index (χ3n) is 12.8. The number of benzene rings is 10. The molecule has 0 unspecified atom stereocenters. The maximum atomic E-state index is 2.40. The predicted molar refractivity (Wildman–Crippen MR) is 275 cm³/mol. The summed E-state index contributed by atoms with van der Waals surface area (Å²) in [6.07, 6.45) is 0. The van der Waals surface area contributed by atoms with Crippen LogP contribution in [0.4, 0.5) is 17.1 Å². The van der Waals surface area contributed by atoms with Crippen molar-refractivity contribution in [3.05, 3.63) is 266 Å². The van der Waals surface area contributed by atoms with Crippen LogP contribution < -0.4 is 25.6 Å². The van der Waals surface area contributed by atoms with Gasteiger partial charge >= 0.3 is 0 Å². The molecule has 11 rings (SSSR count). The van der Waals surface area contributed by atoms with Crippen LogP contribution in [0.3, 0.4) is 0 Å². The van der Waals surface area contributed by atoms with Crippen LogP contribution in [0.2, 0.25) is 0 Å². The van der Waals surface area contributed by atoms with E-state index >= 15 is 0 Å². The second-order valence-corrected chi connectivity index (χ2v) is 20.4. The molecule has 0 aliphatic heterocycles. The molecule has 0 radical (unpaired) electrons. The molecule has 1 aromatic heterocycles. The van der Waals surface area contributed by atoms with Gasteiger partial charge in [0.1, 0.15) is 0 Å². The SMILES string of the molecule is Cc1ccc(-n2c3ccccc3c3cc(-c4ccc([Si](c5ccccc5)(c5ccccc5)c5ccc(-c6ccc(N(c7ccccc7)c7ccccc7)cc6)cc5)cc4)ccc32)cc1. The van der Waals surface area contributed by atoms with Gasteiger partial charge in [-0.25, -0.2) is 0 Å². The first-order chi connectivity index (χ1) is 31.6. The fraction of sp³-hybridized carbons (Fsp3) is 0.0164. The minimum atomic E-state index is -2.77. The van der Waals surface area contributed by atoms with E-state index in [1.54, 1.807) is 0 Å². The molecule has 0 saturated heterocycles. The molecule has 0 amide bonds. The van der Waals surface area contributed by atoms with Gasteiger partial charge in [0.25, 0.3) is 0 Å². The Balaban J connectivity index is 0.983. The molecule has 3 heteroatoms. The van der Waals surface area contributed by atoms with Gasteiger partial charge in [-0.05, 0) is 117 Å². The standard InChI is InChI=1S/C61H46N2Si/c1-45-26-35-53(36-27-45)63-60-25-15-14-24-58(60)59-44-49(34-43-61(59)63)48-32-41-57(42-33-48)64(54-20-10-4-11-21-54,55-22-12-5-13-23-55)56-39-30-47(31-40-56)46-28-37-52(38-29-46)62(50-16-6-2-7-17-50)51-18-8-3-9-19-51/h2-44H,1H3. The van der Waals surface area contributed by atoms with Crippen molar-refractivity contribution in [1.29, 1.82) is 0 Å². The van der Waals surface area contributed by atoms with Gasteiger partial charge in [0, 0.05) is 33.5 Å². The molecular weight excluding hydrogens is 789 g/mol. The van der Waals surface area contributed by atoms with Crippen LogP contribution in [0.25, 0.3) is 49.7 Å². The third kappa shape index (κ3) is 6.93. The molecular formula is C61H46N2Si. The predicted octanol–water partition coefficient (Wildman–Crippen LogP) is 13.3. The van der Waals surface area contributed by atoms with Crippen LogP contribution in [-0.4, -0.2) is 12.6 Å². The Bertz CT molecular complexity index is 3250. The van der Waals surface area contributed by atoms with Crippen LogP contribution in [0.5, 0.6) is 0 Å². The van der Waals surface area contributed by atoms with E-state index in [-0.39, 0.29) is 0 Å². The van der Waals surface area contributed by atoms with Crippen molar-refractivity contribution < 1.29 is 0 Å². The highest BCUT2D eigenvalue weighted by Gasteiger charge is 2.41.